The van der Waals surface area contributed by atoms with Crippen LogP contribution in [0.2, 0.25) is 0 Å². The second kappa shape index (κ2) is 5.38. The Labute approximate surface area is 120 Å². The van der Waals surface area contributed by atoms with E-state index < -0.39 is 11.7 Å². The number of rotatable bonds is 2. The molecule has 7 heteroatoms. The molecule has 1 fully saturated rings. The van der Waals surface area contributed by atoms with Crippen molar-refractivity contribution < 1.29 is 13.2 Å². The van der Waals surface area contributed by atoms with Gasteiger partial charge in [-0.1, -0.05) is 0 Å². The molecule has 1 N–H and O–H groups in total. The summed E-state index contributed by atoms with van der Waals surface area (Å²) >= 11 is 0. The maximum absolute atomic E-state index is 12.8. The molecule has 4 nitrogen and oxygen atoms in total. The molecular formula is C14H15F3N4. The topological polar surface area (TPSA) is 44.8 Å². The van der Waals surface area contributed by atoms with Crippen LogP contribution in [0.1, 0.15) is 30.1 Å². The van der Waals surface area contributed by atoms with Gasteiger partial charge in [0.15, 0.2) is 0 Å². The number of aromatic nitrogens is 3. The first kappa shape index (κ1) is 13.9. The van der Waals surface area contributed by atoms with Gasteiger partial charge in [0.2, 0.25) is 0 Å². The van der Waals surface area contributed by atoms with E-state index in [9.17, 15) is 13.2 Å². The van der Waals surface area contributed by atoms with Gasteiger partial charge in [-0.15, -0.1) is 0 Å². The standard InChI is InChI=1S/C14H15F3N4/c15-14(16,17)11-3-4-18-12(8-11)21-7-1-2-10(9-21)13-19-5-6-20-13/h3-6,8,10H,1-2,7,9H2,(H,19,20). The number of hydrogen-bond acceptors (Lipinski definition) is 3. The van der Waals surface area contributed by atoms with Gasteiger partial charge in [-0.3, -0.25) is 0 Å². The number of H-pyrrole nitrogens is 1. The van der Waals surface area contributed by atoms with Crippen molar-refractivity contribution in [3.8, 4) is 0 Å². The summed E-state index contributed by atoms with van der Waals surface area (Å²) in [4.78, 5) is 13.3. The van der Waals surface area contributed by atoms with Crippen molar-refractivity contribution in [1.82, 2.24) is 15.0 Å². The zero-order valence-electron chi connectivity index (χ0n) is 11.3. The summed E-state index contributed by atoms with van der Waals surface area (Å²) < 4.78 is 38.3. The Morgan fingerprint density at radius 3 is 2.81 bits per heavy atom. The zero-order chi connectivity index (χ0) is 14.9. The lowest BCUT2D eigenvalue weighted by molar-refractivity contribution is -0.137. The van der Waals surface area contributed by atoms with Gasteiger partial charge < -0.3 is 9.88 Å². The third-order valence-electron chi connectivity index (χ3n) is 3.72. The van der Waals surface area contributed by atoms with Gasteiger partial charge in [-0.25, -0.2) is 9.97 Å². The van der Waals surface area contributed by atoms with Crippen molar-refractivity contribution in [3.63, 3.8) is 0 Å². The van der Waals surface area contributed by atoms with Crippen LogP contribution in [0, 0.1) is 0 Å². The van der Waals surface area contributed by atoms with Crippen molar-refractivity contribution in [2.75, 3.05) is 18.0 Å². The minimum atomic E-state index is -4.34. The summed E-state index contributed by atoms with van der Waals surface area (Å²) in [5, 5.41) is 0. The number of aromatic amines is 1. The summed E-state index contributed by atoms with van der Waals surface area (Å²) in [5.41, 5.74) is -0.660. The number of hydrogen-bond donors (Lipinski definition) is 1. The molecule has 2 aromatic heterocycles. The molecule has 0 radical (unpaired) electrons. The molecule has 0 aromatic carbocycles. The van der Waals surface area contributed by atoms with Crippen LogP contribution in [0.4, 0.5) is 19.0 Å². The number of halogens is 3. The van der Waals surface area contributed by atoms with Gasteiger partial charge in [0.05, 0.1) is 5.56 Å². The van der Waals surface area contributed by atoms with Gasteiger partial charge in [0.25, 0.3) is 0 Å². The highest BCUT2D eigenvalue weighted by atomic mass is 19.4. The molecule has 0 amide bonds. The van der Waals surface area contributed by atoms with E-state index in [2.05, 4.69) is 15.0 Å². The molecular weight excluding hydrogens is 281 g/mol. The molecule has 0 saturated carbocycles. The van der Waals surface area contributed by atoms with E-state index in [1.165, 1.54) is 6.20 Å². The predicted molar refractivity (Wildman–Crippen MR) is 72.0 cm³/mol. The minimum Gasteiger partial charge on any atom is -0.356 e. The van der Waals surface area contributed by atoms with Crippen molar-refractivity contribution in [2.45, 2.75) is 24.9 Å². The first-order chi connectivity index (χ1) is 10.0. The molecule has 0 aliphatic carbocycles. The van der Waals surface area contributed by atoms with Crippen LogP contribution in [0.25, 0.3) is 0 Å². The quantitative estimate of drug-likeness (QED) is 0.925. The number of piperidine rings is 1. The van der Waals surface area contributed by atoms with E-state index in [-0.39, 0.29) is 5.92 Å². The lowest BCUT2D eigenvalue weighted by atomic mass is 9.97. The van der Waals surface area contributed by atoms with Gasteiger partial charge in [-0.2, -0.15) is 13.2 Å². The Kier molecular flexibility index (Phi) is 3.57. The monoisotopic (exact) mass is 296 g/mol. The van der Waals surface area contributed by atoms with E-state index in [1.54, 1.807) is 12.4 Å². The Morgan fingerprint density at radius 2 is 2.10 bits per heavy atom. The van der Waals surface area contributed by atoms with Crippen molar-refractivity contribution in [2.24, 2.45) is 0 Å². The van der Waals surface area contributed by atoms with Crippen molar-refractivity contribution in [1.29, 1.82) is 0 Å². The third-order valence-corrected chi connectivity index (χ3v) is 3.72. The highest BCUT2D eigenvalue weighted by molar-refractivity contribution is 5.42. The fourth-order valence-corrected chi connectivity index (χ4v) is 2.68. The maximum Gasteiger partial charge on any atom is 0.416 e. The molecule has 2 aromatic rings. The molecule has 112 valence electrons. The lowest BCUT2D eigenvalue weighted by Crippen LogP contribution is -2.35. The normalized spacial score (nSPS) is 19.8. The number of alkyl halides is 3. The summed E-state index contributed by atoms with van der Waals surface area (Å²) in [6.07, 6.45) is 2.21. The average molecular weight is 296 g/mol. The second-order valence-electron chi connectivity index (χ2n) is 5.16. The summed E-state index contributed by atoms with van der Waals surface area (Å²) in [6, 6.07) is 2.11. The smallest absolute Gasteiger partial charge is 0.356 e. The van der Waals surface area contributed by atoms with Gasteiger partial charge in [-0.05, 0) is 25.0 Å². The van der Waals surface area contributed by atoms with Crippen LogP contribution in [0.3, 0.4) is 0 Å². The largest absolute Gasteiger partial charge is 0.416 e. The van der Waals surface area contributed by atoms with Crippen LogP contribution in [-0.4, -0.2) is 28.0 Å². The first-order valence-electron chi connectivity index (χ1n) is 6.81. The van der Waals surface area contributed by atoms with E-state index in [4.69, 9.17) is 0 Å². The van der Waals surface area contributed by atoms with Crippen molar-refractivity contribution in [3.05, 3.63) is 42.1 Å². The lowest BCUT2D eigenvalue weighted by Gasteiger charge is -2.33. The molecule has 3 rings (SSSR count). The van der Waals surface area contributed by atoms with E-state index >= 15 is 0 Å². The van der Waals surface area contributed by atoms with E-state index in [1.807, 2.05) is 4.90 Å². The van der Waals surface area contributed by atoms with Crippen LogP contribution >= 0.6 is 0 Å². The Balaban J connectivity index is 1.80. The van der Waals surface area contributed by atoms with Gasteiger partial charge in [0.1, 0.15) is 11.6 Å². The molecule has 1 saturated heterocycles. The molecule has 1 atom stereocenters. The van der Waals surface area contributed by atoms with Crippen LogP contribution < -0.4 is 4.90 Å². The average Bonchev–Trinajstić information content (AvgIpc) is 3.01. The molecule has 0 spiro atoms. The fourth-order valence-electron chi connectivity index (χ4n) is 2.68. The molecule has 21 heavy (non-hydrogen) atoms. The van der Waals surface area contributed by atoms with Crippen molar-refractivity contribution >= 4 is 5.82 Å². The first-order valence-corrected chi connectivity index (χ1v) is 6.81. The number of nitrogens with one attached hydrogen (secondary N) is 1. The Hall–Kier alpha value is -2.05. The minimum absolute atomic E-state index is 0.199. The highest BCUT2D eigenvalue weighted by Gasteiger charge is 2.32. The van der Waals surface area contributed by atoms with Gasteiger partial charge >= 0.3 is 6.18 Å². The van der Waals surface area contributed by atoms with E-state index in [0.717, 1.165) is 30.8 Å². The summed E-state index contributed by atoms with van der Waals surface area (Å²) in [6.45, 7) is 1.34. The predicted octanol–water partition coefficient (Wildman–Crippen LogP) is 3.21. The Bertz CT molecular complexity index is 595. The Morgan fingerprint density at radius 1 is 1.24 bits per heavy atom. The molecule has 1 aliphatic heterocycles. The fraction of sp³-hybridized carbons (Fsp3) is 0.429. The van der Waals surface area contributed by atoms with Crippen LogP contribution in [0.5, 0.6) is 0 Å². The second-order valence-corrected chi connectivity index (χ2v) is 5.16. The number of pyridine rings is 1. The van der Waals surface area contributed by atoms with E-state index in [0.29, 0.717) is 18.9 Å². The highest BCUT2D eigenvalue weighted by Crippen LogP contribution is 2.32. The molecule has 3 heterocycles. The van der Waals surface area contributed by atoms with Crippen LogP contribution in [0.15, 0.2) is 30.7 Å². The number of nitrogens with zero attached hydrogens (tertiary/aromatic N) is 3. The third kappa shape index (κ3) is 3.01. The maximum atomic E-state index is 12.8. The molecule has 1 aliphatic rings. The van der Waals surface area contributed by atoms with Gasteiger partial charge in [0, 0.05) is 37.6 Å². The molecule has 1 unspecified atom stereocenters. The summed E-state index contributed by atoms with van der Waals surface area (Å²) in [7, 11) is 0. The number of anilines is 1. The SMILES string of the molecule is FC(F)(F)c1ccnc(N2CCCC(c3ncc[nH]3)C2)c1. The number of imidazole rings is 1. The zero-order valence-corrected chi connectivity index (χ0v) is 11.3. The van der Waals surface area contributed by atoms with Crippen LogP contribution in [-0.2, 0) is 6.18 Å². The molecule has 0 bridgehead atoms. The summed E-state index contributed by atoms with van der Waals surface area (Å²) in [5.74, 6) is 1.46.